The zero-order chi connectivity index (χ0) is 11.3. The molecule has 1 atom stereocenters. The molecule has 3 N–H and O–H groups in total. The van der Waals surface area contributed by atoms with Gasteiger partial charge in [0.15, 0.2) is 0 Å². The SMILES string of the molecule is Cc1cnc(CNCC(O)CC(=O)O)o1. The molecule has 0 saturated carbocycles. The summed E-state index contributed by atoms with van der Waals surface area (Å²) in [5.41, 5.74) is 0. The van der Waals surface area contributed by atoms with Crippen molar-refractivity contribution in [2.45, 2.75) is 26.0 Å². The molecule has 0 aliphatic heterocycles. The minimum absolute atomic E-state index is 0.202. The van der Waals surface area contributed by atoms with Crippen LogP contribution in [0.3, 0.4) is 0 Å². The highest BCUT2D eigenvalue weighted by atomic mass is 16.4. The predicted molar refractivity (Wildman–Crippen MR) is 51.2 cm³/mol. The number of aliphatic hydroxyl groups excluding tert-OH is 1. The minimum atomic E-state index is -1.02. The molecule has 0 bridgehead atoms. The molecule has 0 amide bonds. The van der Waals surface area contributed by atoms with Crippen LogP contribution in [-0.4, -0.2) is 33.8 Å². The lowest BCUT2D eigenvalue weighted by Gasteiger charge is -2.07. The second-order valence-electron chi connectivity index (χ2n) is 3.25. The van der Waals surface area contributed by atoms with Gasteiger partial charge in [0.05, 0.1) is 25.3 Å². The molecule has 0 aliphatic carbocycles. The zero-order valence-electron chi connectivity index (χ0n) is 8.43. The first kappa shape index (κ1) is 11.7. The van der Waals surface area contributed by atoms with Crippen LogP contribution in [0.2, 0.25) is 0 Å². The number of rotatable bonds is 6. The van der Waals surface area contributed by atoms with E-state index in [1.807, 2.05) is 0 Å². The first-order valence-electron chi connectivity index (χ1n) is 4.60. The average molecular weight is 214 g/mol. The number of carbonyl (C=O) groups is 1. The van der Waals surface area contributed by atoms with Gasteiger partial charge in [0.2, 0.25) is 5.89 Å². The van der Waals surface area contributed by atoms with E-state index in [2.05, 4.69) is 10.3 Å². The number of aliphatic carboxylic acids is 1. The van der Waals surface area contributed by atoms with E-state index in [0.29, 0.717) is 12.4 Å². The number of aryl methyl sites for hydroxylation is 1. The van der Waals surface area contributed by atoms with Gasteiger partial charge in [0.25, 0.3) is 0 Å². The molecule has 6 nitrogen and oxygen atoms in total. The molecule has 1 heterocycles. The van der Waals surface area contributed by atoms with Crippen molar-refractivity contribution in [3.05, 3.63) is 17.8 Å². The van der Waals surface area contributed by atoms with E-state index in [1.165, 1.54) is 0 Å². The summed E-state index contributed by atoms with van der Waals surface area (Å²) in [5, 5.41) is 20.4. The van der Waals surface area contributed by atoms with E-state index in [0.717, 1.165) is 5.76 Å². The van der Waals surface area contributed by atoms with Crippen molar-refractivity contribution in [3.8, 4) is 0 Å². The molecule has 0 saturated heterocycles. The van der Waals surface area contributed by atoms with Crippen LogP contribution in [0.4, 0.5) is 0 Å². The average Bonchev–Trinajstić information content (AvgIpc) is 2.50. The highest BCUT2D eigenvalue weighted by Crippen LogP contribution is 2.00. The number of aromatic nitrogens is 1. The van der Waals surface area contributed by atoms with Crippen molar-refractivity contribution in [2.75, 3.05) is 6.54 Å². The lowest BCUT2D eigenvalue weighted by molar-refractivity contribution is -0.139. The first-order chi connectivity index (χ1) is 7.08. The molecule has 6 heteroatoms. The topological polar surface area (TPSA) is 95.6 Å². The smallest absolute Gasteiger partial charge is 0.306 e. The number of carboxylic acid groups (broad SMARTS) is 1. The molecule has 84 valence electrons. The van der Waals surface area contributed by atoms with E-state index in [9.17, 15) is 9.90 Å². The Bertz CT molecular complexity index is 324. The van der Waals surface area contributed by atoms with Crippen LogP contribution in [0.15, 0.2) is 10.6 Å². The summed E-state index contributed by atoms with van der Waals surface area (Å²) in [5.74, 6) is 0.226. The van der Waals surface area contributed by atoms with E-state index >= 15 is 0 Å². The van der Waals surface area contributed by atoms with Gasteiger partial charge in [-0.25, -0.2) is 4.98 Å². The van der Waals surface area contributed by atoms with Crippen LogP contribution in [-0.2, 0) is 11.3 Å². The Hall–Kier alpha value is -1.40. The molecule has 1 unspecified atom stereocenters. The zero-order valence-corrected chi connectivity index (χ0v) is 8.43. The summed E-state index contributed by atoms with van der Waals surface area (Å²) in [6, 6.07) is 0. The van der Waals surface area contributed by atoms with Crippen LogP contribution in [0, 0.1) is 6.92 Å². The summed E-state index contributed by atoms with van der Waals surface area (Å²) in [4.78, 5) is 14.2. The van der Waals surface area contributed by atoms with Gasteiger partial charge in [-0.15, -0.1) is 0 Å². The van der Waals surface area contributed by atoms with Crippen LogP contribution in [0.25, 0.3) is 0 Å². The van der Waals surface area contributed by atoms with Gasteiger partial charge < -0.3 is 19.9 Å². The lowest BCUT2D eigenvalue weighted by Crippen LogP contribution is -2.28. The fourth-order valence-corrected chi connectivity index (χ4v) is 1.10. The summed E-state index contributed by atoms with van der Waals surface area (Å²) >= 11 is 0. The lowest BCUT2D eigenvalue weighted by atomic mass is 10.2. The van der Waals surface area contributed by atoms with Gasteiger partial charge in [-0.3, -0.25) is 4.79 Å². The summed E-state index contributed by atoms with van der Waals surface area (Å²) in [6.07, 6.45) is 0.445. The minimum Gasteiger partial charge on any atom is -0.481 e. The Labute approximate surface area is 86.9 Å². The summed E-state index contributed by atoms with van der Waals surface area (Å²) < 4.78 is 5.17. The highest BCUT2D eigenvalue weighted by molar-refractivity contribution is 5.67. The second kappa shape index (κ2) is 5.47. The van der Waals surface area contributed by atoms with Gasteiger partial charge in [-0.05, 0) is 6.92 Å². The van der Waals surface area contributed by atoms with Crippen molar-refractivity contribution >= 4 is 5.97 Å². The number of aliphatic hydroxyl groups is 1. The van der Waals surface area contributed by atoms with E-state index < -0.39 is 12.1 Å². The fraction of sp³-hybridized carbons (Fsp3) is 0.556. The van der Waals surface area contributed by atoms with Crippen LogP contribution in [0.1, 0.15) is 18.1 Å². The second-order valence-corrected chi connectivity index (χ2v) is 3.25. The normalized spacial score (nSPS) is 12.7. The fourth-order valence-electron chi connectivity index (χ4n) is 1.10. The third-order valence-electron chi connectivity index (χ3n) is 1.74. The number of hydrogen-bond donors (Lipinski definition) is 3. The maximum atomic E-state index is 10.2. The third-order valence-corrected chi connectivity index (χ3v) is 1.74. The molecule has 1 rings (SSSR count). The van der Waals surface area contributed by atoms with Crippen LogP contribution >= 0.6 is 0 Å². The number of nitrogens with one attached hydrogen (secondary N) is 1. The highest BCUT2D eigenvalue weighted by Gasteiger charge is 2.09. The Morgan fingerprint density at radius 1 is 1.73 bits per heavy atom. The van der Waals surface area contributed by atoms with Crippen molar-refractivity contribution in [3.63, 3.8) is 0 Å². The Balaban J connectivity index is 2.18. The number of oxazole rings is 1. The molecule has 0 aliphatic rings. The number of carboxylic acids is 1. The van der Waals surface area contributed by atoms with Gasteiger partial charge in [0.1, 0.15) is 5.76 Å². The Morgan fingerprint density at radius 2 is 2.47 bits per heavy atom. The van der Waals surface area contributed by atoms with Gasteiger partial charge in [-0.1, -0.05) is 0 Å². The van der Waals surface area contributed by atoms with Crippen molar-refractivity contribution in [2.24, 2.45) is 0 Å². The van der Waals surface area contributed by atoms with Crippen LogP contribution in [0.5, 0.6) is 0 Å². The molecule has 0 spiro atoms. The number of nitrogens with zero attached hydrogens (tertiary/aromatic N) is 1. The summed E-state index contributed by atoms with van der Waals surface area (Å²) in [7, 11) is 0. The molecule has 1 aromatic rings. The Kier molecular flexibility index (Phi) is 4.26. The van der Waals surface area contributed by atoms with Gasteiger partial charge in [0, 0.05) is 6.54 Å². The molecule has 15 heavy (non-hydrogen) atoms. The molecule has 0 fully saturated rings. The Morgan fingerprint density at radius 3 is 3.00 bits per heavy atom. The largest absolute Gasteiger partial charge is 0.481 e. The quantitative estimate of drug-likeness (QED) is 0.612. The number of hydrogen-bond acceptors (Lipinski definition) is 5. The van der Waals surface area contributed by atoms with E-state index in [4.69, 9.17) is 9.52 Å². The van der Waals surface area contributed by atoms with E-state index in [1.54, 1.807) is 13.1 Å². The standard InChI is InChI=1S/C9H14N2O4/c1-6-3-11-8(15-6)5-10-4-7(12)2-9(13)14/h3,7,10,12H,2,4-5H2,1H3,(H,13,14). The molecule has 0 aromatic carbocycles. The summed E-state index contributed by atoms with van der Waals surface area (Å²) in [6.45, 7) is 2.37. The first-order valence-corrected chi connectivity index (χ1v) is 4.60. The van der Waals surface area contributed by atoms with Crippen LogP contribution < -0.4 is 5.32 Å². The maximum Gasteiger partial charge on any atom is 0.306 e. The molecule has 0 radical (unpaired) electrons. The third kappa shape index (κ3) is 4.57. The van der Waals surface area contributed by atoms with Gasteiger partial charge in [-0.2, -0.15) is 0 Å². The molecular weight excluding hydrogens is 200 g/mol. The van der Waals surface area contributed by atoms with Crippen molar-refractivity contribution in [1.29, 1.82) is 0 Å². The van der Waals surface area contributed by atoms with E-state index in [-0.39, 0.29) is 13.0 Å². The molecular formula is C9H14N2O4. The monoisotopic (exact) mass is 214 g/mol. The molecule has 1 aromatic heterocycles. The van der Waals surface area contributed by atoms with Crippen molar-refractivity contribution < 1.29 is 19.4 Å². The maximum absolute atomic E-state index is 10.2. The van der Waals surface area contributed by atoms with Crippen molar-refractivity contribution in [1.82, 2.24) is 10.3 Å². The van der Waals surface area contributed by atoms with Gasteiger partial charge >= 0.3 is 5.97 Å². The predicted octanol–water partition coefficient (Wildman–Crippen LogP) is -0.0918.